The first-order chi connectivity index (χ1) is 10.6. The van der Waals surface area contributed by atoms with Crippen molar-refractivity contribution in [1.29, 1.82) is 0 Å². The Bertz CT molecular complexity index is 684. The van der Waals surface area contributed by atoms with E-state index in [-0.39, 0.29) is 15.9 Å². The maximum atomic E-state index is 11.1. The molecule has 22 heavy (non-hydrogen) atoms. The van der Waals surface area contributed by atoms with E-state index in [0.717, 1.165) is 24.9 Å². The molecule has 1 saturated heterocycles. The van der Waals surface area contributed by atoms with Crippen LogP contribution in [0.4, 0.5) is 5.69 Å². The zero-order chi connectivity index (χ0) is 15.5. The lowest BCUT2D eigenvalue weighted by Gasteiger charge is -2.10. The van der Waals surface area contributed by atoms with Gasteiger partial charge in [0, 0.05) is 11.8 Å². The Morgan fingerprint density at radius 3 is 2.91 bits per heavy atom. The molecular weight excluding hydrogens is 306 g/mol. The number of pyridine rings is 1. The molecule has 0 saturated carbocycles. The second-order valence-electron chi connectivity index (χ2n) is 5.09. The van der Waals surface area contributed by atoms with Crippen molar-refractivity contribution in [3.63, 3.8) is 0 Å². The van der Waals surface area contributed by atoms with Crippen LogP contribution in [-0.4, -0.2) is 38.1 Å². The summed E-state index contributed by atoms with van der Waals surface area (Å²) in [6.07, 6.45) is 3.91. The Balaban J connectivity index is 1.75. The molecule has 1 fully saturated rings. The summed E-state index contributed by atoms with van der Waals surface area (Å²) in [5.74, 6) is 0.528. The van der Waals surface area contributed by atoms with Crippen molar-refractivity contribution in [3.8, 4) is 0 Å². The minimum absolute atomic E-state index is 0.0215. The van der Waals surface area contributed by atoms with Gasteiger partial charge in [-0.2, -0.15) is 0 Å². The maximum absolute atomic E-state index is 11.1. The van der Waals surface area contributed by atoms with Crippen LogP contribution in [0.5, 0.6) is 0 Å². The molecule has 3 rings (SSSR count). The van der Waals surface area contributed by atoms with Crippen LogP contribution in [0.15, 0.2) is 26.9 Å². The van der Waals surface area contributed by atoms with Crippen molar-refractivity contribution in [3.05, 3.63) is 33.8 Å². The van der Waals surface area contributed by atoms with Crippen LogP contribution >= 0.6 is 11.8 Å². The van der Waals surface area contributed by atoms with Crippen molar-refractivity contribution in [2.45, 2.75) is 36.6 Å². The molecule has 8 nitrogen and oxygen atoms in total. The van der Waals surface area contributed by atoms with Gasteiger partial charge < -0.3 is 4.42 Å². The molecule has 9 heteroatoms. The summed E-state index contributed by atoms with van der Waals surface area (Å²) in [5, 5.41) is 19.6. The van der Waals surface area contributed by atoms with Crippen molar-refractivity contribution in [1.82, 2.24) is 20.1 Å². The number of nitro groups is 1. The summed E-state index contributed by atoms with van der Waals surface area (Å²) in [5.41, 5.74) is 0.533. The molecule has 0 atom stereocenters. The van der Waals surface area contributed by atoms with Crippen LogP contribution in [0, 0.1) is 17.0 Å². The molecule has 0 spiro atoms. The molecule has 3 heterocycles. The van der Waals surface area contributed by atoms with Crippen LogP contribution in [0.2, 0.25) is 0 Å². The van der Waals surface area contributed by atoms with E-state index in [0.29, 0.717) is 18.0 Å². The van der Waals surface area contributed by atoms with Crippen LogP contribution in [0.25, 0.3) is 0 Å². The van der Waals surface area contributed by atoms with Gasteiger partial charge in [-0.25, -0.2) is 4.98 Å². The Hall–Kier alpha value is -2.00. The molecule has 0 aliphatic carbocycles. The monoisotopic (exact) mass is 321 g/mol. The quantitative estimate of drug-likeness (QED) is 0.611. The molecule has 0 unspecified atom stereocenters. The number of aryl methyl sites for hydroxylation is 1. The highest BCUT2D eigenvalue weighted by molar-refractivity contribution is 7.99. The zero-order valence-electron chi connectivity index (χ0n) is 12.1. The van der Waals surface area contributed by atoms with E-state index >= 15 is 0 Å². The molecule has 0 radical (unpaired) electrons. The summed E-state index contributed by atoms with van der Waals surface area (Å²) < 4.78 is 5.56. The first kappa shape index (κ1) is 14.9. The fourth-order valence-electron chi connectivity index (χ4n) is 2.38. The highest BCUT2D eigenvalue weighted by Crippen LogP contribution is 2.34. The third kappa shape index (κ3) is 3.25. The van der Waals surface area contributed by atoms with Crippen LogP contribution < -0.4 is 0 Å². The number of likely N-dealkylation sites (tertiary alicyclic amines) is 1. The number of aromatic nitrogens is 3. The van der Waals surface area contributed by atoms with Gasteiger partial charge in [0.2, 0.25) is 5.89 Å². The number of rotatable bonds is 5. The zero-order valence-corrected chi connectivity index (χ0v) is 12.9. The van der Waals surface area contributed by atoms with Gasteiger partial charge in [0.15, 0.2) is 5.03 Å². The summed E-state index contributed by atoms with van der Waals surface area (Å²) in [6, 6.07) is 1.61. The van der Waals surface area contributed by atoms with Gasteiger partial charge in [0.25, 0.3) is 5.22 Å². The van der Waals surface area contributed by atoms with Crippen molar-refractivity contribution < 1.29 is 9.34 Å². The smallest absolute Gasteiger partial charge is 0.304 e. The molecule has 116 valence electrons. The van der Waals surface area contributed by atoms with E-state index in [1.54, 1.807) is 13.0 Å². The standard InChI is InChI=1S/C13H15N5O3S/c1-9-4-5-14-12(11(9)18(19)20)22-13-16-15-10(21-13)8-17-6-2-3-7-17/h4-5H,2-3,6-8H2,1H3. The summed E-state index contributed by atoms with van der Waals surface area (Å²) in [7, 11) is 0. The summed E-state index contributed by atoms with van der Waals surface area (Å²) in [6.45, 7) is 4.37. The minimum atomic E-state index is -0.438. The van der Waals surface area contributed by atoms with E-state index in [1.807, 2.05) is 0 Å². The van der Waals surface area contributed by atoms with Gasteiger partial charge in [0.1, 0.15) is 0 Å². The normalized spacial score (nSPS) is 15.3. The lowest BCUT2D eigenvalue weighted by molar-refractivity contribution is -0.388. The number of hydrogen-bond donors (Lipinski definition) is 0. The predicted molar refractivity (Wildman–Crippen MR) is 78.6 cm³/mol. The minimum Gasteiger partial charge on any atom is -0.414 e. The van der Waals surface area contributed by atoms with Gasteiger partial charge in [-0.1, -0.05) is 0 Å². The van der Waals surface area contributed by atoms with Crippen LogP contribution in [-0.2, 0) is 6.54 Å². The van der Waals surface area contributed by atoms with Crippen LogP contribution in [0.1, 0.15) is 24.3 Å². The number of hydrogen-bond acceptors (Lipinski definition) is 8. The van der Waals surface area contributed by atoms with Crippen molar-refractivity contribution in [2.24, 2.45) is 0 Å². The molecular formula is C13H15N5O3S. The Morgan fingerprint density at radius 1 is 1.41 bits per heavy atom. The summed E-state index contributed by atoms with van der Waals surface area (Å²) in [4.78, 5) is 17.0. The Labute approximate surface area is 131 Å². The third-order valence-electron chi connectivity index (χ3n) is 3.46. The van der Waals surface area contributed by atoms with E-state index < -0.39 is 4.92 Å². The van der Waals surface area contributed by atoms with E-state index in [2.05, 4.69) is 20.1 Å². The largest absolute Gasteiger partial charge is 0.414 e. The number of nitrogens with zero attached hydrogens (tertiary/aromatic N) is 5. The first-order valence-electron chi connectivity index (χ1n) is 6.96. The van der Waals surface area contributed by atoms with Gasteiger partial charge >= 0.3 is 5.69 Å². The van der Waals surface area contributed by atoms with E-state index in [9.17, 15) is 10.1 Å². The molecule has 0 N–H and O–H groups in total. The molecule has 1 aliphatic heterocycles. The molecule has 0 aromatic carbocycles. The SMILES string of the molecule is Cc1ccnc(Sc2nnc(CN3CCCC3)o2)c1[N+](=O)[O-]. The topological polar surface area (TPSA) is 98.2 Å². The molecule has 0 amide bonds. The maximum Gasteiger partial charge on any atom is 0.304 e. The average Bonchev–Trinajstić information content (AvgIpc) is 3.11. The fourth-order valence-corrected chi connectivity index (χ4v) is 3.21. The molecule has 2 aromatic rings. The van der Waals surface area contributed by atoms with Gasteiger partial charge in [-0.15, -0.1) is 10.2 Å². The molecule has 1 aliphatic rings. The third-order valence-corrected chi connectivity index (χ3v) is 4.30. The average molecular weight is 321 g/mol. The lowest BCUT2D eigenvalue weighted by atomic mass is 10.3. The van der Waals surface area contributed by atoms with Crippen molar-refractivity contribution >= 4 is 17.4 Å². The van der Waals surface area contributed by atoms with Gasteiger partial charge in [0.05, 0.1) is 11.5 Å². The van der Waals surface area contributed by atoms with E-state index in [4.69, 9.17) is 4.42 Å². The highest BCUT2D eigenvalue weighted by atomic mass is 32.2. The Morgan fingerprint density at radius 2 is 2.18 bits per heavy atom. The second-order valence-corrected chi connectivity index (χ2v) is 6.03. The van der Waals surface area contributed by atoms with Crippen molar-refractivity contribution in [2.75, 3.05) is 13.1 Å². The predicted octanol–water partition coefficient (Wildman–Crippen LogP) is 2.43. The molecule has 2 aromatic heterocycles. The molecule has 0 bridgehead atoms. The fraction of sp³-hybridized carbons (Fsp3) is 0.462. The first-order valence-corrected chi connectivity index (χ1v) is 7.78. The van der Waals surface area contributed by atoms with Gasteiger partial charge in [-0.05, 0) is 50.7 Å². The second kappa shape index (κ2) is 6.41. The lowest BCUT2D eigenvalue weighted by Crippen LogP contribution is -2.18. The highest BCUT2D eigenvalue weighted by Gasteiger charge is 2.22. The van der Waals surface area contributed by atoms with Crippen LogP contribution in [0.3, 0.4) is 0 Å². The van der Waals surface area contributed by atoms with E-state index in [1.165, 1.54) is 19.0 Å². The Kier molecular flexibility index (Phi) is 4.34. The summed E-state index contributed by atoms with van der Waals surface area (Å²) >= 11 is 1.02. The van der Waals surface area contributed by atoms with Gasteiger partial charge in [-0.3, -0.25) is 15.0 Å².